The first-order valence-corrected chi connectivity index (χ1v) is 18.3. The van der Waals surface area contributed by atoms with Crippen LogP contribution in [0.25, 0.3) is 11.0 Å². The van der Waals surface area contributed by atoms with Gasteiger partial charge in [-0.05, 0) is 17.5 Å². The quantitative estimate of drug-likeness (QED) is 0.0784. The van der Waals surface area contributed by atoms with E-state index in [1.54, 1.807) is 6.20 Å². The number of phosphoric acid groups is 3. The van der Waals surface area contributed by atoms with E-state index in [0.29, 0.717) is 16.7 Å². The lowest BCUT2D eigenvalue weighted by Gasteiger charge is -2.31. The molecule has 0 radical (unpaired) electrons. The number of nitrogens with zero attached hydrogens (tertiary/aromatic N) is 4. The molecule has 24 heteroatoms. The third-order valence-corrected chi connectivity index (χ3v) is 10.8. The minimum atomic E-state index is -5.74. The van der Waals surface area contributed by atoms with E-state index < -0.39 is 65.0 Å². The number of aliphatic hydroxyl groups is 1. The van der Waals surface area contributed by atoms with Gasteiger partial charge in [0.1, 0.15) is 35.9 Å². The van der Waals surface area contributed by atoms with Crippen molar-refractivity contribution in [3.8, 4) is 5.75 Å². The summed E-state index contributed by atoms with van der Waals surface area (Å²) < 4.78 is 65.5. The van der Waals surface area contributed by atoms with Crippen molar-refractivity contribution < 1.29 is 70.7 Å². The van der Waals surface area contributed by atoms with Crippen LogP contribution in [0.3, 0.4) is 0 Å². The standard InChI is InChI=1S/C24H34N5O16P3/c1-24(2,3)21(15-7-14(40-4)5-6-16(15)29(31)32)41-10-13-9-28(23-20(13)22(25)26-12-27-23)19-8-17(30)18(43-19)11-42-47(36,37)45-48(38,39)44-46(33,34)35/h5-7,9,12,17-19,21,30H,8,10-11H2,1-4H3,(H,36,37)(H,38,39)(H2,25,26,27)(H2,33,34,35)/t17-,18+,19+,21+/m0/s1. The minimum absolute atomic E-state index is 0.0692. The average Bonchev–Trinajstić information content (AvgIpc) is 3.49. The van der Waals surface area contributed by atoms with Crippen molar-refractivity contribution in [3.63, 3.8) is 0 Å². The molecule has 21 nitrogen and oxygen atoms in total. The maximum atomic E-state index is 12.2. The van der Waals surface area contributed by atoms with Crippen molar-refractivity contribution in [1.29, 1.82) is 0 Å². The Balaban J connectivity index is 1.57. The van der Waals surface area contributed by atoms with Crippen LogP contribution in [-0.2, 0) is 42.9 Å². The maximum Gasteiger partial charge on any atom is 0.490 e. The number of nitrogen functional groups attached to an aromatic ring is 1. The molecule has 2 unspecified atom stereocenters. The molecule has 1 fully saturated rings. The van der Waals surface area contributed by atoms with Gasteiger partial charge in [-0.25, -0.2) is 23.7 Å². The predicted octanol–water partition coefficient (Wildman–Crippen LogP) is 3.23. The topological polar surface area (TPSA) is 308 Å². The van der Waals surface area contributed by atoms with Gasteiger partial charge in [0.05, 0.1) is 48.4 Å². The Morgan fingerprint density at radius 3 is 2.44 bits per heavy atom. The zero-order valence-corrected chi connectivity index (χ0v) is 28.4. The van der Waals surface area contributed by atoms with Gasteiger partial charge in [0.2, 0.25) is 0 Å². The molecule has 7 N–H and O–H groups in total. The molecule has 266 valence electrons. The molecule has 0 aliphatic carbocycles. The largest absolute Gasteiger partial charge is 0.497 e. The van der Waals surface area contributed by atoms with Crippen LogP contribution in [0.2, 0.25) is 0 Å². The summed E-state index contributed by atoms with van der Waals surface area (Å²) in [4.78, 5) is 56.2. The highest BCUT2D eigenvalue weighted by Crippen LogP contribution is 2.66. The van der Waals surface area contributed by atoms with Crippen LogP contribution in [0.15, 0.2) is 30.7 Å². The van der Waals surface area contributed by atoms with Gasteiger partial charge in [0.15, 0.2) is 0 Å². The van der Waals surface area contributed by atoms with Crippen molar-refractivity contribution in [2.24, 2.45) is 5.41 Å². The summed E-state index contributed by atoms with van der Waals surface area (Å²) in [6.07, 6.45) is -1.78. The highest BCUT2D eigenvalue weighted by atomic mass is 31.3. The molecule has 0 amide bonds. The summed E-state index contributed by atoms with van der Waals surface area (Å²) in [5.41, 5.74) is 6.37. The molecule has 4 rings (SSSR count). The third kappa shape index (κ3) is 9.22. The molecule has 1 aromatic carbocycles. The molecule has 6 atom stereocenters. The lowest BCUT2D eigenvalue weighted by Crippen LogP contribution is -2.26. The summed E-state index contributed by atoms with van der Waals surface area (Å²) in [6.45, 7) is 4.52. The van der Waals surface area contributed by atoms with Gasteiger partial charge in [-0.3, -0.25) is 14.6 Å². The van der Waals surface area contributed by atoms with Crippen LogP contribution in [0.1, 0.15) is 50.7 Å². The normalized spacial score (nSPS) is 21.9. The second-order valence-electron chi connectivity index (χ2n) is 11.6. The van der Waals surface area contributed by atoms with Crippen molar-refractivity contribution in [3.05, 3.63) is 52.0 Å². The lowest BCUT2D eigenvalue weighted by atomic mass is 9.83. The number of aromatic nitrogens is 3. The SMILES string of the molecule is COc1ccc([N+](=O)[O-])c([C@@H](OCc2cn([C@H]3C[C@H](O)[C@@H](COP(=O)(O)OP(=O)(O)OP(=O)(O)O)O3)c3ncnc(N)c23)C(C)(C)C)c1. The Morgan fingerprint density at radius 1 is 1.15 bits per heavy atom. The highest BCUT2D eigenvalue weighted by Gasteiger charge is 2.43. The molecule has 0 saturated carbocycles. The average molecular weight is 741 g/mol. The van der Waals surface area contributed by atoms with E-state index in [0.717, 1.165) is 0 Å². The maximum absolute atomic E-state index is 12.2. The second kappa shape index (κ2) is 14.2. The summed E-state index contributed by atoms with van der Waals surface area (Å²) >= 11 is 0. The smallest absolute Gasteiger partial charge is 0.490 e. The van der Waals surface area contributed by atoms with Crippen LogP contribution in [-0.4, -0.2) is 70.1 Å². The summed E-state index contributed by atoms with van der Waals surface area (Å²) in [7, 11) is -15.4. The molecule has 2 aromatic heterocycles. The lowest BCUT2D eigenvalue weighted by molar-refractivity contribution is -0.386. The number of phosphoric ester groups is 1. The summed E-state index contributed by atoms with van der Waals surface area (Å²) in [6, 6.07) is 4.34. The highest BCUT2D eigenvalue weighted by molar-refractivity contribution is 7.66. The van der Waals surface area contributed by atoms with E-state index >= 15 is 0 Å². The molecule has 1 aliphatic rings. The number of nitrogens with two attached hydrogens (primary N) is 1. The number of rotatable bonds is 14. The van der Waals surface area contributed by atoms with E-state index in [1.807, 2.05) is 20.8 Å². The van der Waals surface area contributed by atoms with Gasteiger partial charge in [-0.1, -0.05) is 20.8 Å². The Labute approximate surface area is 272 Å². The predicted molar refractivity (Wildman–Crippen MR) is 163 cm³/mol. The van der Waals surface area contributed by atoms with Crippen LogP contribution in [0.4, 0.5) is 11.5 Å². The minimum Gasteiger partial charge on any atom is -0.497 e. The second-order valence-corrected chi connectivity index (χ2v) is 16.0. The fourth-order valence-electron chi connectivity index (χ4n) is 5.04. The van der Waals surface area contributed by atoms with Gasteiger partial charge in [-0.15, -0.1) is 0 Å². The van der Waals surface area contributed by atoms with Gasteiger partial charge in [0, 0.05) is 24.2 Å². The molecule has 1 aliphatic heterocycles. The van der Waals surface area contributed by atoms with Crippen LogP contribution < -0.4 is 10.5 Å². The van der Waals surface area contributed by atoms with Crippen LogP contribution in [0, 0.1) is 15.5 Å². The first kappa shape index (κ1) is 37.9. The molecular formula is C24H34N5O16P3. The van der Waals surface area contributed by atoms with E-state index in [2.05, 4.69) is 23.1 Å². The van der Waals surface area contributed by atoms with Gasteiger partial charge >= 0.3 is 23.5 Å². The number of hydrogen-bond acceptors (Lipinski definition) is 15. The van der Waals surface area contributed by atoms with Crippen molar-refractivity contribution in [2.45, 2.75) is 58.3 Å². The fraction of sp³-hybridized carbons (Fsp3) is 0.500. The first-order valence-electron chi connectivity index (χ1n) is 13.8. The number of nitro benzene ring substituents is 1. The fourth-order valence-corrected chi connectivity index (χ4v) is 8.07. The summed E-state index contributed by atoms with van der Waals surface area (Å²) in [5, 5.41) is 22.9. The molecule has 0 bridgehead atoms. The Bertz CT molecular complexity index is 1810. The van der Waals surface area contributed by atoms with E-state index in [-0.39, 0.29) is 35.7 Å². The zero-order chi connectivity index (χ0) is 35.8. The molecule has 3 heterocycles. The Kier molecular flexibility index (Phi) is 11.2. The third-order valence-electron chi connectivity index (χ3n) is 6.96. The number of fused-ring (bicyclic) bond motifs is 1. The van der Waals surface area contributed by atoms with Crippen molar-refractivity contribution in [1.82, 2.24) is 14.5 Å². The monoisotopic (exact) mass is 741 g/mol. The Hall–Kier alpha value is -2.87. The van der Waals surface area contributed by atoms with E-state index in [4.69, 9.17) is 29.7 Å². The first-order chi connectivity index (χ1) is 22.1. The Morgan fingerprint density at radius 2 is 1.83 bits per heavy atom. The van der Waals surface area contributed by atoms with Crippen LogP contribution in [0.5, 0.6) is 5.75 Å². The van der Waals surface area contributed by atoms with Crippen LogP contribution >= 0.6 is 23.5 Å². The number of methoxy groups -OCH3 is 1. The van der Waals surface area contributed by atoms with Gasteiger partial charge < -0.3 is 49.2 Å². The number of nitro groups is 1. The number of benzene rings is 1. The molecule has 48 heavy (non-hydrogen) atoms. The molecule has 0 spiro atoms. The molecule has 3 aromatic rings. The van der Waals surface area contributed by atoms with Crippen molar-refractivity contribution >= 4 is 46.0 Å². The zero-order valence-electron chi connectivity index (χ0n) is 25.8. The van der Waals surface area contributed by atoms with Gasteiger partial charge in [0.25, 0.3) is 5.69 Å². The number of ether oxygens (including phenoxy) is 3. The molecular weight excluding hydrogens is 707 g/mol. The number of anilines is 1. The van der Waals surface area contributed by atoms with Crippen molar-refractivity contribution in [2.75, 3.05) is 19.5 Å². The van der Waals surface area contributed by atoms with Gasteiger partial charge in [-0.2, -0.15) is 8.62 Å². The number of hydrogen-bond donors (Lipinski definition) is 6. The summed E-state index contributed by atoms with van der Waals surface area (Å²) in [5.74, 6) is 0.460. The van der Waals surface area contributed by atoms with E-state index in [1.165, 1.54) is 36.2 Å². The van der Waals surface area contributed by atoms with E-state index in [9.17, 15) is 38.7 Å². The number of aliphatic hydroxyl groups excluding tert-OH is 1. The molecule has 1 saturated heterocycles.